The Morgan fingerprint density at radius 1 is 0.889 bits per heavy atom. The molecule has 0 saturated carbocycles. The van der Waals surface area contributed by atoms with Crippen molar-refractivity contribution in [3.63, 3.8) is 0 Å². The lowest BCUT2D eigenvalue weighted by molar-refractivity contribution is -0.125. The highest BCUT2D eigenvalue weighted by molar-refractivity contribution is 5.95. The first-order chi connectivity index (χ1) is 12.9. The zero-order chi connectivity index (χ0) is 19.8. The van der Waals surface area contributed by atoms with E-state index in [1.165, 1.54) is 6.92 Å². The van der Waals surface area contributed by atoms with Crippen LogP contribution in [0.2, 0.25) is 0 Å². The van der Waals surface area contributed by atoms with Gasteiger partial charge in [0.25, 0.3) is 5.91 Å². The summed E-state index contributed by atoms with van der Waals surface area (Å²) in [7, 11) is 0. The molecule has 0 fully saturated rings. The summed E-state index contributed by atoms with van der Waals surface area (Å²) in [4.78, 5) is 35.1. The van der Waals surface area contributed by atoms with Gasteiger partial charge in [0.1, 0.15) is 5.75 Å². The number of aryl methyl sites for hydroxylation is 1. The van der Waals surface area contributed by atoms with Crippen LogP contribution in [0.4, 0.5) is 11.4 Å². The van der Waals surface area contributed by atoms with Crippen LogP contribution in [0.1, 0.15) is 18.1 Å². The molecule has 7 nitrogen and oxygen atoms in total. The number of nitrogens with one attached hydrogen (secondary N) is 3. The maximum Gasteiger partial charge on any atom is 0.258 e. The molecule has 2 aromatic rings. The number of ether oxygens (including phenoxy) is 1. The Labute approximate surface area is 158 Å². The predicted molar refractivity (Wildman–Crippen MR) is 104 cm³/mol. The minimum absolute atomic E-state index is 0.164. The molecule has 0 aliphatic heterocycles. The summed E-state index contributed by atoms with van der Waals surface area (Å²) in [6, 6.07) is 12.4. The number of carbonyl (C=O) groups is 3. The first-order valence-corrected chi connectivity index (χ1v) is 8.49. The number of hydrogen-bond acceptors (Lipinski definition) is 4. The molecular formula is C20H23N3O4. The van der Waals surface area contributed by atoms with Crippen LogP contribution in [-0.2, 0) is 14.4 Å². The van der Waals surface area contributed by atoms with Crippen molar-refractivity contribution in [1.29, 1.82) is 0 Å². The van der Waals surface area contributed by atoms with Crippen LogP contribution < -0.4 is 20.7 Å². The molecule has 3 amide bonds. The maximum absolute atomic E-state index is 12.0. The van der Waals surface area contributed by atoms with Crippen molar-refractivity contribution >= 4 is 29.1 Å². The Morgan fingerprint density at radius 2 is 1.59 bits per heavy atom. The fraction of sp³-hybridized carbons (Fsp3) is 0.250. The van der Waals surface area contributed by atoms with E-state index in [1.807, 2.05) is 32.0 Å². The van der Waals surface area contributed by atoms with E-state index >= 15 is 0 Å². The Hall–Kier alpha value is -3.35. The lowest BCUT2D eigenvalue weighted by atomic mass is 10.1. The van der Waals surface area contributed by atoms with Gasteiger partial charge < -0.3 is 20.7 Å². The third kappa shape index (κ3) is 6.14. The van der Waals surface area contributed by atoms with Crippen molar-refractivity contribution < 1.29 is 19.1 Å². The lowest BCUT2D eigenvalue weighted by Crippen LogP contribution is -2.36. The summed E-state index contributed by atoms with van der Waals surface area (Å²) >= 11 is 0. The average molecular weight is 369 g/mol. The SMILES string of the molecule is CC(=O)Nc1ccccc1OCC(=O)NCC(=O)Nc1cccc(C)c1C. The smallest absolute Gasteiger partial charge is 0.258 e. The van der Waals surface area contributed by atoms with Crippen molar-refractivity contribution in [1.82, 2.24) is 5.32 Å². The number of anilines is 2. The first kappa shape index (κ1) is 20.0. The Balaban J connectivity index is 1.82. The van der Waals surface area contributed by atoms with Gasteiger partial charge in [0.05, 0.1) is 12.2 Å². The van der Waals surface area contributed by atoms with Gasteiger partial charge in [-0.3, -0.25) is 14.4 Å². The summed E-state index contributed by atoms with van der Waals surface area (Å²) in [5, 5.41) is 7.90. The second-order valence-corrected chi connectivity index (χ2v) is 6.04. The summed E-state index contributed by atoms with van der Waals surface area (Å²) in [5.41, 5.74) is 3.25. The van der Waals surface area contributed by atoms with Crippen LogP contribution in [0.15, 0.2) is 42.5 Å². The normalized spacial score (nSPS) is 10.0. The number of hydrogen-bond donors (Lipinski definition) is 3. The van der Waals surface area contributed by atoms with Gasteiger partial charge in [-0.1, -0.05) is 24.3 Å². The zero-order valence-electron chi connectivity index (χ0n) is 15.6. The van der Waals surface area contributed by atoms with Gasteiger partial charge in [0, 0.05) is 12.6 Å². The van der Waals surface area contributed by atoms with E-state index in [4.69, 9.17) is 4.74 Å². The predicted octanol–water partition coefficient (Wildman–Crippen LogP) is 2.40. The van der Waals surface area contributed by atoms with Crippen LogP contribution in [-0.4, -0.2) is 30.9 Å². The fourth-order valence-electron chi connectivity index (χ4n) is 2.34. The van der Waals surface area contributed by atoms with Gasteiger partial charge in [-0.15, -0.1) is 0 Å². The maximum atomic E-state index is 12.0. The molecule has 3 N–H and O–H groups in total. The molecular weight excluding hydrogens is 346 g/mol. The molecule has 0 radical (unpaired) electrons. The molecule has 142 valence electrons. The number of amides is 3. The first-order valence-electron chi connectivity index (χ1n) is 8.49. The number of benzene rings is 2. The van der Waals surface area contributed by atoms with Crippen molar-refractivity contribution in [3.8, 4) is 5.75 Å². The quantitative estimate of drug-likeness (QED) is 0.698. The summed E-state index contributed by atoms with van der Waals surface area (Å²) in [6.45, 7) is 4.83. The van der Waals surface area contributed by atoms with Crippen LogP contribution >= 0.6 is 0 Å². The van der Waals surface area contributed by atoms with Crippen LogP contribution in [0.3, 0.4) is 0 Å². The molecule has 0 aliphatic rings. The van der Waals surface area contributed by atoms with Crippen LogP contribution in [0.25, 0.3) is 0 Å². The van der Waals surface area contributed by atoms with Crippen molar-refractivity contribution in [2.45, 2.75) is 20.8 Å². The third-order valence-corrected chi connectivity index (χ3v) is 3.88. The molecule has 0 unspecified atom stereocenters. The van der Waals surface area contributed by atoms with Gasteiger partial charge in [-0.2, -0.15) is 0 Å². The largest absolute Gasteiger partial charge is 0.482 e. The van der Waals surface area contributed by atoms with Crippen molar-refractivity contribution in [2.75, 3.05) is 23.8 Å². The molecule has 27 heavy (non-hydrogen) atoms. The molecule has 0 aromatic heterocycles. The van der Waals surface area contributed by atoms with Crippen molar-refractivity contribution in [3.05, 3.63) is 53.6 Å². The Bertz CT molecular complexity index is 849. The van der Waals surface area contributed by atoms with Crippen molar-refractivity contribution in [2.24, 2.45) is 0 Å². The molecule has 7 heteroatoms. The van der Waals surface area contributed by atoms with Gasteiger partial charge >= 0.3 is 0 Å². The molecule has 0 saturated heterocycles. The number of para-hydroxylation sites is 2. The van der Waals surface area contributed by atoms with Gasteiger partial charge in [0.15, 0.2) is 6.61 Å². The second kappa shape index (κ2) is 9.38. The lowest BCUT2D eigenvalue weighted by Gasteiger charge is -2.12. The molecule has 2 rings (SSSR count). The average Bonchev–Trinajstić information content (AvgIpc) is 2.62. The van der Waals surface area contributed by atoms with Gasteiger partial charge in [-0.25, -0.2) is 0 Å². The zero-order valence-corrected chi connectivity index (χ0v) is 15.6. The van der Waals surface area contributed by atoms with E-state index in [0.29, 0.717) is 11.4 Å². The van der Waals surface area contributed by atoms with Gasteiger partial charge in [0.2, 0.25) is 11.8 Å². The summed E-state index contributed by atoms with van der Waals surface area (Å²) in [5.74, 6) is -0.624. The topological polar surface area (TPSA) is 96.5 Å². The number of rotatable bonds is 7. The molecule has 2 aromatic carbocycles. The van der Waals surface area contributed by atoms with E-state index in [0.717, 1.165) is 16.8 Å². The third-order valence-electron chi connectivity index (χ3n) is 3.88. The molecule has 0 spiro atoms. The van der Waals surface area contributed by atoms with E-state index < -0.39 is 5.91 Å². The van der Waals surface area contributed by atoms with Crippen LogP contribution in [0.5, 0.6) is 5.75 Å². The monoisotopic (exact) mass is 369 g/mol. The highest BCUT2D eigenvalue weighted by Gasteiger charge is 2.10. The van der Waals surface area contributed by atoms with Crippen LogP contribution in [0, 0.1) is 13.8 Å². The Morgan fingerprint density at radius 3 is 2.33 bits per heavy atom. The van der Waals surface area contributed by atoms with E-state index in [2.05, 4.69) is 16.0 Å². The Kier molecular flexibility index (Phi) is 6.93. The van der Waals surface area contributed by atoms with E-state index in [9.17, 15) is 14.4 Å². The summed E-state index contributed by atoms with van der Waals surface area (Å²) in [6.07, 6.45) is 0. The standard InChI is InChI=1S/C20H23N3O4/c1-13-7-6-9-16(14(13)2)23-19(25)11-21-20(26)12-27-18-10-5-4-8-17(18)22-15(3)24/h4-10H,11-12H2,1-3H3,(H,21,26)(H,22,24)(H,23,25). The molecule has 0 heterocycles. The van der Waals surface area contributed by atoms with E-state index in [-0.39, 0.29) is 25.0 Å². The molecule has 0 atom stereocenters. The summed E-state index contributed by atoms with van der Waals surface area (Å²) < 4.78 is 5.43. The van der Waals surface area contributed by atoms with E-state index in [1.54, 1.807) is 24.3 Å². The second-order valence-electron chi connectivity index (χ2n) is 6.04. The highest BCUT2D eigenvalue weighted by Crippen LogP contribution is 2.23. The van der Waals surface area contributed by atoms with Gasteiger partial charge in [-0.05, 0) is 43.2 Å². The molecule has 0 bridgehead atoms. The molecule has 0 aliphatic carbocycles. The minimum Gasteiger partial charge on any atom is -0.482 e. The number of carbonyl (C=O) groups excluding carboxylic acids is 3. The minimum atomic E-state index is -0.441. The fourth-order valence-corrected chi connectivity index (χ4v) is 2.34. The highest BCUT2D eigenvalue weighted by atomic mass is 16.5.